The molecular weight excluding hydrogens is 282 g/mol. The number of hydrogen-bond acceptors (Lipinski definition) is 7. The number of sulfonamides is 1. The first kappa shape index (κ1) is 13.1. The maximum absolute atomic E-state index is 11.7. The summed E-state index contributed by atoms with van der Waals surface area (Å²) >= 11 is 0. The fourth-order valence-corrected chi connectivity index (χ4v) is 3.40. The van der Waals surface area contributed by atoms with Gasteiger partial charge in [-0.25, -0.2) is 8.42 Å². The Morgan fingerprint density at radius 3 is 3.00 bits per heavy atom. The summed E-state index contributed by atoms with van der Waals surface area (Å²) in [6, 6.07) is 3.05. The monoisotopic (exact) mass is 295 g/mol. The molecular formula is C11H13N5O3S. The molecule has 1 aliphatic heterocycles. The summed E-state index contributed by atoms with van der Waals surface area (Å²) in [6.45, 7) is 0.479. The summed E-state index contributed by atoms with van der Waals surface area (Å²) in [4.78, 5) is 4.24. The molecule has 3 rings (SSSR count). The predicted octanol–water partition coefficient (Wildman–Crippen LogP) is 0.623. The fourth-order valence-electron chi connectivity index (χ4n) is 2.28. The zero-order valence-corrected chi connectivity index (χ0v) is 11.6. The molecule has 0 saturated carbocycles. The zero-order valence-electron chi connectivity index (χ0n) is 10.8. The van der Waals surface area contributed by atoms with Crippen LogP contribution in [0.15, 0.2) is 22.9 Å². The highest BCUT2D eigenvalue weighted by Gasteiger charge is 2.36. The molecule has 0 amide bonds. The minimum absolute atomic E-state index is 0.300. The lowest BCUT2D eigenvalue weighted by molar-refractivity contribution is 0.291. The molecule has 1 aliphatic rings. The van der Waals surface area contributed by atoms with Crippen molar-refractivity contribution in [2.45, 2.75) is 18.9 Å². The van der Waals surface area contributed by atoms with Gasteiger partial charge in [-0.15, -0.1) is 5.10 Å². The molecule has 3 heterocycles. The number of hydrogen-bond donors (Lipinski definition) is 0. The van der Waals surface area contributed by atoms with E-state index in [2.05, 4.69) is 20.3 Å². The van der Waals surface area contributed by atoms with Crippen LogP contribution in [0.25, 0.3) is 11.5 Å². The van der Waals surface area contributed by atoms with Crippen LogP contribution < -0.4 is 0 Å². The van der Waals surface area contributed by atoms with Crippen LogP contribution in [0.4, 0.5) is 0 Å². The zero-order chi connectivity index (χ0) is 14.2. The highest BCUT2D eigenvalue weighted by molar-refractivity contribution is 7.88. The lowest BCUT2D eigenvalue weighted by atomic mass is 10.2. The molecule has 2 aromatic heterocycles. The summed E-state index contributed by atoms with van der Waals surface area (Å²) in [5.41, 5.74) is 0.492. The third-order valence-corrected chi connectivity index (χ3v) is 4.45. The van der Waals surface area contributed by atoms with Gasteiger partial charge in [0, 0.05) is 12.7 Å². The molecule has 8 nitrogen and oxygen atoms in total. The molecule has 0 radical (unpaired) electrons. The first-order valence-electron chi connectivity index (χ1n) is 6.14. The highest BCUT2D eigenvalue weighted by atomic mass is 32.2. The van der Waals surface area contributed by atoms with Crippen molar-refractivity contribution in [3.63, 3.8) is 0 Å². The molecule has 1 unspecified atom stereocenters. The van der Waals surface area contributed by atoms with Crippen LogP contribution in [-0.2, 0) is 10.0 Å². The van der Waals surface area contributed by atoms with Gasteiger partial charge in [-0.3, -0.25) is 0 Å². The van der Waals surface area contributed by atoms with Gasteiger partial charge in [0.15, 0.2) is 0 Å². The van der Waals surface area contributed by atoms with E-state index in [9.17, 15) is 8.42 Å². The second-order valence-corrected chi connectivity index (χ2v) is 6.53. The Balaban J connectivity index is 1.91. The van der Waals surface area contributed by atoms with Crippen LogP contribution in [-0.4, -0.2) is 45.9 Å². The van der Waals surface area contributed by atoms with E-state index in [0.29, 0.717) is 30.4 Å². The molecule has 1 atom stereocenters. The molecule has 1 fully saturated rings. The number of rotatable bonds is 3. The van der Waals surface area contributed by atoms with Crippen LogP contribution in [0.5, 0.6) is 0 Å². The standard InChI is InChI=1S/C11H13N5O3S/c1-20(17,18)16-7-3-5-9(16)11-13-10(15-19-11)8-4-2-6-12-14-8/h2,4,6,9H,3,5,7H2,1H3. The molecule has 9 heteroatoms. The largest absolute Gasteiger partial charge is 0.337 e. The Bertz CT molecular complexity index is 700. The summed E-state index contributed by atoms with van der Waals surface area (Å²) in [5.74, 6) is 0.613. The average Bonchev–Trinajstić information content (AvgIpc) is 3.08. The minimum Gasteiger partial charge on any atom is -0.337 e. The number of aromatic nitrogens is 4. The van der Waals surface area contributed by atoms with Gasteiger partial charge >= 0.3 is 0 Å². The molecule has 0 aromatic carbocycles. The summed E-state index contributed by atoms with van der Waals surface area (Å²) in [7, 11) is -3.28. The molecule has 0 bridgehead atoms. The second-order valence-electron chi connectivity index (χ2n) is 4.60. The van der Waals surface area contributed by atoms with E-state index in [1.807, 2.05) is 0 Å². The molecule has 1 saturated heterocycles. The van der Waals surface area contributed by atoms with E-state index < -0.39 is 10.0 Å². The molecule has 20 heavy (non-hydrogen) atoms. The van der Waals surface area contributed by atoms with E-state index in [4.69, 9.17) is 4.52 Å². The Morgan fingerprint density at radius 2 is 2.30 bits per heavy atom. The molecule has 0 spiro atoms. The average molecular weight is 295 g/mol. The van der Waals surface area contributed by atoms with Crippen molar-refractivity contribution in [3.8, 4) is 11.5 Å². The van der Waals surface area contributed by atoms with Crippen LogP contribution in [0, 0.1) is 0 Å². The summed E-state index contributed by atoms with van der Waals surface area (Å²) < 4.78 is 30.0. The first-order chi connectivity index (χ1) is 9.55. The van der Waals surface area contributed by atoms with Crippen LogP contribution in [0.1, 0.15) is 24.8 Å². The van der Waals surface area contributed by atoms with E-state index in [1.165, 1.54) is 10.6 Å². The van der Waals surface area contributed by atoms with Gasteiger partial charge in [-0.2, -0.15) is 14.4 Å². The molecule has 0 N–H and O–H groups in total. The van der Waals surface area contributed by atoms with Gasteiger partial charge in [0.25, 0.3) is 0 Å². The van der Waals surface area contributed by atoms with Gasteiger partial charge in [0.05, 0.1) is 6.26 Å². The smallest absolute Gasteiger partial charge is 0.245 e. The summed E-state index contributed by atoms with van der Waals surface area (Å²) in [5, 5.41) is 11.5. The van der Waals surface area contributed by atoms with Gasteiger partial charge in [0.2, 0.25) is 21.7 Å². The van der Waals surface area contributed by atoms with Gasteiger partial charge < -0.3 is 4.52 Å². The molecule has 0 aliphatic carbocycles. The maximum Gasteiger partial charge on any atom is 0.245 e. The van der Waals surface area contributed by atoms with Gasteiger partial charge in [0.1, 0.15) is 11.7 Å². The van der Waals surface area contributed by atoms with Crippen molar-refractivity contribution in [2.75, 3.05) is 12.8 Å². The molecule has 2 aromatic rings. The Hall–Kier alpha value is -1.87. The first-order valence-corrected chi connectivity index (χ1v) is 7.99. The van der Waals surface area contributed by atoms with Crippen LogP contribution in [0.3, 0.4) is 0 Å². The lowest BCUT2D eigenvalue weighted by Gasteiger charge is -2.18. The second kappa shape index (κ2) is 4.91. The predicted molar refractivity (Wildman–Crippen MR) is 68.8 cm³/mol. The fraction of sp³-hybridized carbons (Fsp3) is 0.455. The Kier molecular flexibility index (Phi) is 3.22. The Morgan fingerprint density at radius 1 is 1.45 bits per heavy atom. The van der Waals surface area contributed by atoms with Gasteiger partial charge in [-0.05, 0) is 25.0 Å². The third-order valence-electron chi connectivity index (χ3n) is 3.16. The van der Waals surface area contributed by atoms with Crippen LogP contribution in [0.2, 0.25) is 0 Å². The van der Waals surface area contributed by atoms with Crippen molar-refractivity contribution in [2.24, 2.45) is 0 Å². The van der Waals surface area contributed by atoms with Crippen LogP contribution >= 0.6 is 0 Å². The highest BCUT2D eigenvalue weighted by Crippen LogP contribution is 2.33. The summed E-state index contributed by atoms with van der Waals surface area (Å²) in [6.07, 6.45) is 4.19. The van der Waals surface area contributed by atoms with Crippen molar-refractivity contribution < 1.29 is 12.9 Å². The lowest BCUT2D eigenvalue weighted by Crippen LogP contribution is -2.29. The quantitative estimate of drug-likeness (QED) is 0.818. The van der Waals surface area contributed by atoms with E-state index in [-0.39, 0.29) is 6.04 Å². The van der Waals surface area contributed by atoms with Crippen molar-refractivity contribution in [1.29, 1.82) is 0 Å². The maximum atomic E-state index is 11.7. The van der Waals surface area contributed by atoms with E-state index in [0.717, 1.165) is 6.42 Å². The van der Waals surface area contributed by atoms with E-state index >= 15 is 0 Å². The van der Waals surface area contributed by atoms with Crippen molar-refractivity contribution >= 4 is 10.0 Å². The van der Waals surface area contributed by atoms with Gasteiger partial charge in [-0.1, -0.05) is 5.16 Å². The normalized spacial score (nSPS) is 20.4. The number of nitrogens with zero attached hydrogens (tertiary/aromatic N) is 5. The van der Waals surface area contributed by atoms with Crippen molar-refractivity contribution in [3.05, 3.63) is 24.2 Å². The SMILES string of the molecule is CS(=O)(=O)N1CCCC1c1nc(-c2cccnn2)no1. The topological polar surface area (TPSA) is 102 Å². The minimum atomic E-state index is -3.28. The van der Waals surface area contributed by atoms with E-state index in [1.54, 1.807) is 18.3 Å². The Labute approximate surface area is 115 Å². The molecule has 106 valence electrons. The van der Waals surface area contributed by atoms with Crippen molar-refractivity contribution in [1.82, 2.24) is 24.6 Å². The third kappa shape index (κ3) is 2.41.